The van der Waals surface area contributed by atoms with Crippen molar-refractivity contribution in [1.82, 2.24) is 0 Å². The minimum Gasteiger partial charge on any atom is -0.385 e. The van der Waals surface area contributed by atoms with E-state index in [2.05, 4.69) is 35.0 Å². The molecule has 1 unspecified atom stereocenters. The average molecular weight is 333 g/mol. The van der Waals surface area contributed by atoms with E-state index in [4.69, 9.17) is 0 Å². The zero-order valence-electron chi connectivity index (χ0n) is 12.1. The molecule has 1 N–H and O–H groups in total. The largest absolute Gasteiger partial charge is 0.385 e. The van der Waals surface area contributed by atoms with Gasteiger partial charge in [-0.1, -0.05) is 65.7 Å². The molecule has 0 amide bonds. The lowest BCUT2D eigenvalue weighted by atomic mass is 9.88. The molecule has 2 aromatic carbocycles. The van der Waals surface area contributed by atoms with E-state index in [1.165, 1.54) is 5.56 Å². The van der Waals surface area contributed by atoms with Crippen LogP contribution in [0.1, 0.15) is 37.0 Å². The predicted molar refractivity (Wildman–Crippen MR) is 87.9 cm³/mol. The fourth-order valence-corrected chi connectivity index (χ4v) is 2.69. The molecule has 0 aliphatic rings. The molecule has 2 aromatic rings. The summed E-state index contributed by atoms with van der Waals surface area (Å²) < 4.78 is 1.06. The van der Waals surface area contributed by atoms with Gasteiger partial charge in [0.1, 0.15) is 0 Å². The molecule has 2 heteroatoms. The number of aliphatic hydroxyl groups is 1. The SMILES string of the molecule is CCCc1ccc(C(C)(O)Cc2ccc(Br)cc2)cc1. The standard InChI is InChI=1S/C18H21BrO/c1-3-4-14-5-9-16(10-6-14)18(2,20)13-15-7-11-17(19)12-8-15/h5-12,20H,3-4,13H2,1-2H3. The Morgan fingerprint density at radius 1 is 0.950 bits per heavy atom. The molecule has 0 heterocycles. The van der Waals surface area contributed by atoms with Crippen LogP contribution in [0.4, 0.5) is 0 Å². The number of rotatable bonds is 5. The predicted octanol–water partition coefficient (Wildman–Crippen LogP) is 4.85. The summed E-state index contributed by atoms with van der Waals surface area (Å²) in [5.74, 6) is 0. The molecule has 0 aliphatic carbocycles. The maximum absolute atomic E-state index is 10.7. The van der Waals surface area contributed by atoms with E-state index in [9.17, 15) is 5.11 Å². The molecular formula is C18H21BrO. The molecule has 106 valence electrons. The van der Waals surface area contributed by atoms with Gasteiger partial charge in [0.25, 0.3) is 0 Å². The highest BCUT2D eigenvalue weighted by atomic mass is 79.9. The van der Waals surface area contributed by atoms with Gasteiger partial charge in [0, 0.05) is 10.9 Å². The minimum atomic E-state index is -0.835. The lowest BCUT2D eigenvalue weighted by molar-refractivity contribution is 0.0576. The van der Waals surface area contributed by atoms with Gasteiger partial charge >= 0.3 is 0 Å². The molecule has 2 rings (SSSR count). The van der Waals surface area contributed by atoms with Gasteiger partial charge < -0.3 is 5.11 Å². The van der Waals surface area contributed by atoms with Crippen LogP contribution >= 0.6 is 15.9 Å². The second-order valence-electron chi connectivity index (χ2n) is 5.52. The van der Waals surface area contributed by atoms with Crippen LogP contribution < -0.4 is 0 Å². The first-order valence-electron chi connectivity index (χ1n) is 7.07. The summed E-state index contributed by atoms with van der Waals surface area (Å²) in [4.78, 5) is 0. The topological polar surface area (TPSA) is 20.2 Å². The van der Waals surface area contributed by atoms with E-state index in [1.54, 1.807) is 0 Å². The smallest absolute Gasteiger partial charge is 0.0908 e. The molecule has 1 nitrogen and oxygen atoms in total. The minimum absolute atomic E-state index is 0.618. The second-order valence-corrected chi connectivity index (χ2v) is 6.44. The number of benzene rings is 2. The molecule has 0 aromatic heterocycles. The molecule has 0 bridgehead atoms. The lowest BCUT2D eigenvalue weighted by Gasteiger charge is -2.24. The highest BCUT2D eigenvalue weighted by Gasteiger charge is 2.23. The number of aryl methyl sites for hydroxylation is 1. The Bertz CT molecular complexity index is 541. The molecule has 1 atom stereocenters. The lowest BCUT2D eigenvalue weighted by Crippen LogP contribution is -2.24. The first-order chi connectivity index (χ1) is 9.51. The maximum Gasteiger partial charge on any atom is 0.0908 e. The second kappa shape index (κ2) is 6.55. The van der Waals surface area contributed by atoms with Gasteiger partial charge in [-0.15, -0.1) is 0 Å². The normalized spacial score (nSPS) is 14.0. The van der Waals surface area contributed by atoms with Crippen molar-refractivity contribution in [3.05, 3.63) is 69.7 Å². The summed E-state index contributed by atoms with van der Waals surface area (Å²) in [6, 6.07) is 16.4. The Labute approximate surface area is 129 Å². The quantitative estimate of drug-likeness (QED) is 0.829. The van der Waals surface area contributed by atoms with Crippen molar-refractivity contribution >= 4 is 15.9 Å². The van der Waals surface area contributed by atoms with Crippen molar-refractivity contribution in [2.24, 2.45) is 0 Å². The molecule has 0 radical (unpaired) electrons. The van der Waals surface area contributed by atoms with Crippen LogP contribution in [0.15, 0.2) is 53.0 Å². The van der Waals surface area contributed by atoms with Crippen molar-refractivity contribution in [2.45, 2.75) is 38.7 Å². The maximum atomic E-state index is 10.7. The summed E-state index contributed by atoms with van der Waals surface area (Å²) in [6.07, 6.45) is 2.86. The fraction of sp³-hybridized carbons (Fsp3) is 0.333. The monoisotopic (exact) mass is 332 g/mol. The summed E-state index contributed by atoms with van der Waals surface area (Å²) in [5, 5.41) is 10.7. The highest BCUT2D eigenvalue weighted by Crippen LogP contribution is 2.26. The van der Waals surface area contributed by atoms with Crippen molar-refractivity contribution in [3.63, 3.8) is 0 Å². The van der Waals surface area contributed by atoms with Crippen LogP contribution in [0.3, 0.4) is 0 Å². The van der Waals surface area contributed by atoms with Crippen LogP contribution in [-0.4, -0.2) is 5.11 Å². The van der Waals surface area contributed by atoms with Gasteiger partial charge in [0.2, 0.25) is 0 Å². The molecule has 0 fully saturated rings. The van der Waals surface area contributed by atoms with Gasteiger partial charge in [-0.25, -0.2) is 0 Å². The van der Waals surface area contributed by atoms with Crippen molar-refractivity contribution in [2.75, 3.05) is 0 Å². The number of hydrogen-bond donors (Lipinski definition) is 1. The molecule has 0 spiro atoms. The third kappa shape index (κ3) is 3.94. The van der Waals surface area contributed by atoms with Crippen LogP contribution in [-0.2, 0) is 18.4 Å². The Kier molecular flexibility index (Phi) is 5.00. The van der Waals surface area contributed by atoms with Crippen LogP contribution in [0.5, 0.6) is 0 Å². The Morgan fingerprint density at radius 3 is 2.05 bits per heavy atom. The van der Waals surface area contributed by atoms with Crippen molar-refractivity contribution < 1.29 is 5.11 Å². The van der Waals surface area contributed by atoms with E-state index in [-0.39, 0.29) is 0 Å². The number of hydrogen-bond acceptors (Lipinski definition) is 1. The zero-order valence-corrected chi connectivity index (χ0v) is 13.7. The first kappa shape index (κ1) is 15.3. The van der Waals surface area contributed by atoms with Gasteiger partial charge in [0.05, 0.1) is 5.60 Å². The fourth-order valence-electron chi connectivity index (χ4n) is 2.42. The molecule has 20 heavy (non-hydrogen) atoms. The Balaban J connectivity index is 2.14. The van der Waals surface area contributed by atoms with Crippen molar-refractivity contribution in [3.8, 4) is 0 Å². The van der Waals surface area contributed by atoms with Gasteiger partial charge in [-0.2, -0.15) is 0 Å². The number of halogens is 1. The van der Waals surface area contributed by atoms with E-state index < -0.39 is 5.60 Å². The zero-order chi connectivity index (χ0) is 14.6. The van der Waals surface area contributed by atoms with Gasteiger partial charge in [-0.3, -0.25) is 0 Å². The van der Waals surface area contributed by atoms with E-state index in [0.717, 1.165) is 28.4 Å². The van der Waals surface area contributed by atoms with Crippen molar-refractivity contribution in [1.29, 1.82) is 0 Å². The first-order valence-corrected chi connectivity index (χ1v) is 7.87. The Morgan fingerprint density at radius 2 is 1.50 bits per heavy atom. The summed E-state index contributed by atoms with van der Waals surface area (Å²) in [7, 11) is 0. The molecule has 0 aliphatic heterocycles. The average Bonchev–Trinajstić information content (AvgIpc) is 2.42. The van der Waals surface area contributed by atoms with Gasteiger partial charge in [0.15, 0.2) is 0 Å². The van der Waals surface area contributed by atoms with Crippen LogP contribution in [0.2, 0.25) is 0 Å². The summed E-state index contributed by atoms with van der Waals surface area (Å²) in [6.45, 7) is 4.06. The molecular weight excluding hydrogens is 312 g/mol. The summed E-state index contributed by atoms with van der Waals surface area (Å²) >= 11 is 3.43. The van der Waals surface area contributed by atoms with E-state index in [0.29, 0.717) is 6.42 Å². The Hall–Kier alpha value is -1.12. The summed E-state index contributed by atoms with van der Waals surface area (Å²) in [5.41, 5.74) is 2.60. The van der Waals surface area contributed by atoms with Crippen LogP contribution in [0, 0.1) is 0 Å². The third-order valence-electron chi connectivity index (χ3n) is 3.58. The van der Waals surface area contributed by atoms with E-state index in [1.807, 2.05) is 43.3 Å². The third-order valence-corrected chi connectivity index (χ3v) is 4.10. The highest BCUT2D eigenvalue weighted by molar-refractivity contribution is 9.10. The molecule has 0 saturated heterocycles. The van der Waals surface area contributed by atoms with Crippen LogP contribution in [0.25, 0.3) is 0 Å². The molecule has 0 saturated carbocycles. The van der Waals surface area contributed by atoms with E-state index >= 15 is 0 Å². The van der Waals surface area contributed by atoms with Gasteiger partial charge in [-0.05, 0) is 42.2 Å².